The van der Waals surface area contributed by atoms with E-state index >= 15 is 0 Å². The molecular formula is C14H12N2O2. The number of benzene rings is 1. The lowest BCUT2D eigenvalue weighted by molar-refractivity contribution is -0.131. The molecule has 2 rings (SSSR count). The van der Waals surface area contributed by atoms with Gasteiger partial charge in [0.1, 0.15) is 0 Å². The van der Waals surface area contributed by atoms with E-state index in [1.807, 2.05) is 6.07 Å². The van der Waals surface area contributed by atoms with Crippen LogP contribution in [0.4, 0.5) is 0 Å². The molecule has 0 N–H and O–H groups in total. The lowest BCUT2D eigenvalue weighted by Crippen LogP contribution is -2.32. The predicted octanol–water partition coefficient (Wildman–Crippen LogP) is 1.49. The van der Waals surface area contributed by atoms with Gasteiger partial charge in [0.25, 0.3) is 5.91 Å². The fourth-order valence-corrected chi connectivity index (χ4v) is 1.99. The molecule has 0 fully saturated rings. The van der Waals surface area contributed by atoms with Gasteiger partial charge < -0.3 is 4.90 Å². The SMILES string of the molecule is CN(C)C(=O)[C@]1(C#N)C=C1c1ccccc1C=O. The normalized spacial score (nSPS) is 20.6. The highest BCUT2D eigenvalue weighted by Crippen LogP contribution is 2.52. The molecule has 0 saturated carbocycles. The van der Waals surface area contributed by atoms with Crippen LogP contribution in [0.25, 0.3) is 5.57 Å². The van der Waals surface area contributed by atoms with Crippen LogP contribution in [0.3, 0.4) is 0 Å². The Bertz CT molecular complexity index is 596. The van der Waals surface area contributed by atoms with Crippen molar-refractivity contribution in [3.63, 3.8) is 0 Å². The van der Waals surface area contributed by atoms with E-state index in [1.54, 1.807) is 44.4 Å². The van der Waals surface area contributed by atoms with Crippen LogP contribution in [0, 0.1) is 16.7 Å². The molecule has 0 radical (unpaired) electrons. The van der Waals surface area contributed by atoms with Crippen molar-refractivity contribution in [1.82, 2.24) is 4.90 Å². The number of carbonyl (C=O) groups is 2. The minimum Gasteiger partial charge on any atom is -0.347 e. The van der Waals surface area contributed by atoms with Crippen molar-refractivity contribution in [2.24, 2.45) is 5.41 Å². The molecule has 1 atom stereocenters. The van der Waals surface area contributed by atoms with Crippen molar-refractivity contribution in [2.75, 3.05) is 14.1 Å². The smallest absolute Gasteiger partial charge is 0.251 e. The molecule has 90 valence electrons. The van der Waals surface area contributed by atoms with Crippen LogP contribution in [0.5, 0.6) is 0 Å². The molecule has 1 aliphatic carbocycles. The van der Waals surface area contributed by atoms with Crippen LogP contribution in [-0.2, 0) is 4.79 Å². The van der Waals surface area contributed by atoms with Crippen molar-refractivity contribution in [1.29, 1.82) is 5.26 Å². The van der Waals surface area contributed by atoms with Crippen LogP contribution < -0.4 is 0 Å². The Balaban J connectivity index is 2.39. The molecule has 1 aliphatic rings. The first kappa shape index (κ1) is 12.1. The molecule has 0 aromatic heterocycles. The summed E-state index contributed by atoms with van der Waals surface area (Å²) in [6.07, 6.45) is 2.34. The molecule has 0 saturated heterocycles. The topological polar surface area (TPSA) is 61.2 Å². The van der Waals surface area contributed by atoms with E-state index in [9.17, 15) is 14.9 Å². The number of carbonyl (C=O) groups excluding carboxylic acids is 2. The largest absolute Gasteiger partial charge is 0.347 e. The molecule has 0 unspecified atom stereocenters. The molecule has 0 spiro atoms. The molecule has 1 aromatic rings. The molecule has 1 amide bonds. The first-order chi connectivity index (χ1) is 8.56. The monoisotopic (exact) mass is 240 g/mol. The van der Waals surface area contributed by atoms with E-state index < -0.39 is 5.41 Å². The van der Waals surface area contributed by atoms with E-state index in [1.165, 1.54) is 4.90 Å². The number of hydrogen-bond acceptors (Lipinski definition) is 3. The molecule has 0 bridgehead atoms. The second-order valence-electron chi connectivity index (χ2n) is 4.38. The van der Waals surface area contributed by atoms with E-state index in [0.717, 1.165) is 6.29 Å². The van der Waals surface area contributed by atoms with Crippen LogP contribution in [0.1, 0.15) is 15.9 Å². The maximum atomic E-state index is 12.0. The molecule has 0 aliphatic heterocycles. The number of nitrogens with zero attached hydrogens (tertiary/aromatic N) is 2. The van der Waals surface area contributed by atoms with Crippen LogP contribution in [-0.4, -0.2) is 31.2 Å². The third-order valence-electron chi connectivity index (χ3n) is 3.00. The Kier molecular flexibility index (Phi) is 2.76. The van der Waals surface area contributed by atoms with Crippen molar-refractivity contribution in [2.45, 2.75) is 0 Å². The van der Waals surface area contributed by atoms with Crippen molar-refractivity contribution < 1.29 is 9.59 Å². The molecule has 4 nitrogen and oxygen atoms in total. The molecule has 18 heavy (non-hydrogen) atoms. The molecule has 0 heterocycles. The first-order valence-corrected chi connectivity index (χ1v) is 5.47. The summed E-state index contributed by atoms with van der Waals surface area (Å²) in [4.78, 5) is 24.3. The lowest BCUT2D eigenvalue weighted by Gasteiger charge is -2.16. The number of hydrogen-bond donors (Lipinski definition) is 0. The third kappa shape index (κ3) is 1.61. The highest BCUT2D eigenvalue weighted by atomic mass is 16.2. The summed E-state index contributed by atoms with van der Waals surface area (Å²) in [5, 5.41) is 9.23. The quantitative estimate of drug-likeness (QED) is 0.752. The highest BCUT2D eigenvalue weighted by Gasteiger charge is 2.53. The zero-order chi connectivity index (χ0) is 13.3. The van der Waals surface area contributed by atoms with Crippen LogP contribution >= 0.6 is 0 Å². The number of nitriles is 1. The predicted molar refractivity (Wildman–Crippen MR) is 66.5 cm³/mol. The third-order valence-corrected chi connectivity index (χ3v) is 3.00. The Labute approximate surface area is 105 Å². The summed E-state index contributed by atoms with van der Waals surface area (Å²) in [5.74, 6) is -0.277. The number of rotatable bonds is 3. The standard InChI is InChI=1S/C14H12N2O2/c1-16(2)13(18)14(9-15)7-12(14)11-6-4-3-5-10(11)8-17/h3-8H,1-2H3/t14-/m0/s1. The summed E-state index contributed by atoms with van der Waals surface area (Å²) >= 11 is 0. The van der Waals surface area contributed by atoms with E-state index in [0.29, 0.717) is 16.7 Å². The Morgan fingerprint density at radius 2 is 2.06 bits per heavy atom. The van der Waals surface area contributed by atoms with Gasteiger partial charge in [-0.15, -0.1) is 0 Å². The van der Waals surface area contributed by atoms with Gasteiger partial charge in [-0.1, -0.05) is 24.3 Å². The average molecular weight is 240 g/mol. The molecular weight excluding hydrogens is 228 g/mol. The summed E-state index contributed by atoms with van der Waals surface area (Å²) in [7, 11) is 3.22. The fourth-order valence-electron chi connectivity index (χ4n) is 1.99. The van der Waals surface area contributed by atoms with Gasteiger partial charge in [-0.2, -0.15) is 5.26 Å². The van der Waals surface area contributed by atoms with Gasteiger partial charge in [0.15, 0.2) is 11.7 Å². The van der Waals surface area contributed by atoms with Crippen molar-refractivity contribution >= 4 is 17.8 Å². The summed E-state index contributed by atoms with van der Waals surface area (Å²) in [5.41, 5.74) is 0.575. The van der Waals surface area contributed by atoms with Gasteiger partial charge >= 0.3 is 0 Å². The van der Waals surface area contributed by atoms with E-state index in [4.69, 9.17) is 0 Å². The molecule has 4 heteroatoms. The highest BCUT2D eigenvalue weighted by molar-refractivity contribution is 6.12. The lowest BCUT2D eigenvalue weighted by atomic mass is 9.94. The molecule has 1 aromatic carbocycles. The van der Waals surface area contributed by atoms with Gasteiger partial charge in [-0.25, -0.2) is 0 Å². The zero-order valence-corrected chi connectivity index (χ0v) is 10.2. The fraction of sp³-hybridized carbons (Fsp3) is 0.214. The van der Waals surface area contributed by atoms with Gasteiger partial charge in [0.05, 0.1) is 6.07 Å². The number of amides is 1. The van der Waals surface area contributed by atoms with Crippen molar-refractivity contribution in [3.05, 3.63) is 41.5 Å². The number of aldehydes is 1. The van der Waals surface area contributed by atoms with Gasteiger partial charge in [0, 0.05) is 19.7 Å². The summed E-state index contributed by atoms with van der Waals surface area (Å²) in [6, 6.07) is 8.98. The van der Waals surface area contributed by atoms with Gasteiger partial charge in [0.2, 0.25) is 0 Å². The van der Waals surface area contributed by atoms with Gasteiger partial charge in [-0.05, 0) is 17.2 Å². The van der Waals surface area contributed by atoms with Gasteiger partial charge in [-0.3, -0.25) is 9.59 Å². The summed E-state index contributed by atoms with van der Waals surface area (Å²) in [6.45, 7) is 0. The van der Waals surface area contributed by atoms with Crippen LogP contribution in [0.15, 0.2) is 30.3 Å². The Morgan fingerprint density at radius 1 is 1.39 bits per heavy atom. The maximum Gasteiger partial charge on any atom is 0.251 e. The van der Waals surface area contributed by atoms with Crippen LogP contribution in [0.2, 0.25) is 0 Å². The minimum absolute atomic E-state index is 0.277. The Morgan fingerprint density at radius 3 is 2.61 bits per heavy atom. The summed E-state index contributed by atoms with van der Waals surface area (Å²) < 4.78 is 0. The Hall–Kier alpha value is -2.41. The maximum absolute atomic E-state index is 12.0. The average Bonchev–Trinajstić information content (AvgIpc) is 3.13. The second-order valence-corrected chi connectivity index (χ2v) is 4.38. The zero-order valence-electron chi connectivity index (χ0n) is 10.2. The van der Waals surface area contributed by atoms with Crippen molar-refractivity contribution in [3.8, 4) is 6.07 Å². The van der Waals surface area contributed by atoms with E-state index in [-0.39, 0.29) is 5.91 Å². The second kappa shape index (κ2) is 4.11. The minimum atomic E-state index is -1.19. The van der Waals surface area contributed by atoms with E-state index in [2.05, 4.69) is 0 Å². The first-order valence-electron chi connectivity index (χ1n) is 5.47.